The first-order chi connectivity index (χ1) is 28.7. The zero-order valence-electron chi connectivity index (χ0n) is 33.4. The summed E-state index contributed by atoms with van der Waals surface area (Å²) in [6, 6.07) is 29.4. The van der Waals surface area contributed by atoms with Gasteiger partial charge in [-0.3, -0.25) is 9.59 Å². The van der Waals surface area contributed by atoms with Gasteiger partial charge in [0.1, 0.15) is 12.4 Å². The van der Waals surface area contributed by atoms with Gasteiger partial charge >= 0.3 is 5.97 Å². The number of aromatic nitrogens is 1. The number of allylic oxidation sites excluding steroid dienone is 3. The van der Waals surface area contributed by atoms with Crippen LogP contribution in [0.3, 0.4) is 0 Å². The third-order valence-corrected chi connectivity index (χ3v) is 11.4. The molecule has 1 N–H and O–H groups in total. The molecule has 1 atom stereocenters. The first-order valence-corrected chi connectivity index (χ1v) is 20.1. The lowest BCUT2D eigenvalue weighted by molar-refractivity contribution is 0.0687. The fourth-order valence-corrected chi connectivity index (χ4v) is 8.32. The number of hydrogen-bond donors (Lipinski definition) is 1. The van der Waals surface area contributed by atoms with Gasteiger partial charge in [-0.25, -0.2) is 4.79 Å². The summed E-state index contributed by atoms with van der Waals surface area (Å²) >= 11 is 0. The molecule has 8 rings (SSSR count). The van der Waals surface area contributed by atoms with E-state index in [0.717, 1.165) is 35.4 Å². The highest BCUT2D eigenvalue weighted by Gasteiger charge is 2.34. The number of nitrogens with zero attached hydrogens (tertiary/aromatic N) is 3. The van der Waals surface area contributed by atoms with Crippen LogP contribution in [0.25, 0.3) is 11.3 Å². The van der Waals surface area contributed by atoms with Gasteiger partial charge in [-0.15, -0.1) is 0 Å². The van der Waals surface area contributed by atoms with Crippen molar-refractivity contribution < 1.29 is 33.7 Å². The van der Waals surface area contributed by atoms with Crippen LogP contribution < -0.4 is 19.1 Å². The molecule has 1 fully saturated rings. The van der Waals surface area contributed by atoms with Crippen LogP contribution in [0.15, 0.2) is 133 Å². The molecule has 59 heavy (non-hydrogen) atoms. The minimum absolute atomic E-state index is 0.0491. The van der Waals surface area contributed by atoms with Crippen LogP contribution >= 0.6 is 0 Å². The number of hydrogen-bond acceptors (Lipinski definition) is 6. The van der Waals surface area contributed by atoms with E-state index in [1.807, 2.05) is 90.7 Å². The number of rotatable bonds is 11. The van der Waals surface area contributed by atoms with Crippen molar-refractivity contribution in [1.82, 2.24) is 9.47 Å². The summed E-state index contributed by atoms with van der Waals surface area (Å²) in [5.74, 6) is 0.282. The van der Waals surface area contributed by atoms with Gasteiger partial charge in [0.05, 0.1) is 23.2 Å². The lowest BCUT2D eigenvalue weighted by atomic mass is 9.91. The van der Waals surface area contributed by atoms with E-state index in [9.17, 15) is 14.7 Å². The molecule has 3 aliphatic heterocycles. The van der Waals surface area contributed by atoms with Crippen molar-refractivity contribution in [3.05, 3.63) is 167 Å². The highest BCUT2D eigenvalue weighted by atomic mass is 16.7. The molecular weight excluding hydrogens is 743 g/mol. The molecule has 300 valence electrons. The number of ether oxygens (including phenoxy) is 3. The van der Waals surface area contributed by atoms with E-state index in [-0.39, 0.29) is 36.8 Å². The number of likely N-dealkylation sites (tertiary alicyclic amines) is 1. The van der Waals surface area contributed by atoms with Crippen molar-refractivity contribution in [1.29, 1.82) is 0 Å². The Labute approximate surface area is 344 Å². The van der Waals surface area contributed by atoms with Gasteiger partial charge in [-0.2, -0.15) is 0 Å². The average Bonchev–Trinajstić information content (AvgIpc) is 3.90. The van der Waals surface area contributed by atoms with Crippen LogP contribution in [-0.2, 0) is 26.1 Å². The SMILES string of the molecule is C=C/C=C1/CN(C(=O)c2cc3c(cc2-c2cc(C(=O)N(Cc4cccc(C(=O)O)c4)c4ccc(OCc5ccccc5)cc4)c4n2CCCC4)OCO3)C(C)C/C1=C/C. The molecule has 5 aromatic rings. The van der Waals surface area contributed by atoms with E-state index in [0.29, 0.717) is 77.7 Å². The molecule has 10 heteroatoms. The molecule has 0 radical (unpaired) electrons. The Morgan fingerprint density at radius 3 is 2.41 bits per heavy atom. The second-order valence-corrected chi connectivity index (χ2v) is 15.1. The van der Waals surface area contributed by atoms with Gasteiger partial charge in [0.15, 0.2) is 11.5 Å². The number of aromatic carboxylic acids is 1. The van der Waals surface area contributed by atoms with Crippen molar-refractivity contribution >= 4 is 23.5 Å². The second-order valence-electron chi connectivity index (χ2n) is 15.1. The van der Waals surface area contributed by atoms with Crippen molar-refractivity contribution in [3.63, 3.8) is 0 Å². The number of amides is 2. The zero-order valence-corrected chi connectivity index (χ0v) is 33.4. The highest BCUT2D eigenvalue weighted by Crippen LogP contribution is 2.42. The number of anilines is 1. The van der Waals surface area contributed by atoms with Crippen LogP contribution in [-0.4, -0.2) is 51.7 Å². The normalized spacial score (nSPS) is 17.1. The molecule has 0 spiro atoms. The fourth-order valence-electron chi connectivity index (χ4n) is 8.32. The first kappa shape index (κ1) is 39.0. The Morgan fingerprint density at radius 2 is 1.66 bits per heavy atom. The second kappa shape index (κ2) is 17.0. The maximum Gasteiger partial charge on any atom is 0.335 e. The summed E-state index contributed by atoms with van der Waals surface area (Å²) in [6.07, 6.45) is 9.04. The maximum atomic E-state index is 15.2. The smallest absolute Gasteiger partial charge is 0.335 e. The highest BCUT2D eigenvalue weighted by molar-refractivity contribution is 6.09. The lowest BCUT2D eigenvalue weighted by Gasteiger charge is -2.37. The minimum Gasteiger partial charge on any atom is -0.489 e. The molecule has 1 unspecified atom stereocenters. The topological polar surface area (TPSA) is 111 Å². The van der Waals surface area contributed by atoms with Crippen molar-refractivity contribution in [2.75, 3.05) is 18.2 Å². The summed E-state index contributed by atoms with van der Waals surface area (Å²) in [7, 11) is 0. The van der Waals surface area contributed by atoms with Crippen LogP contribution in [0.2, 0.25) is 0 Å². The molecule has 2 amide bonds. The van der Waals surface area contributed by atoms with E-state index in [4.69, 9.17) is 14.2 Å². The molecular formula is C49H47N3O7. The largest absolute Gasteiger partial charge is 0.489 e. The Morgan fingerprint density at radius 1 is 0.898 bits per heavy atom. The molecule has 0 bridgehead atoms. The van der Waals surface area contributed by atoms with Gasteiger partial charge in [0.2, 0.25) is 6.79 Å². The summed E-state index contributed by atoms with van der Waals surface area (Å²) in [4.78, 5) is 45.5. The number of piperidine rings is 1. The Bertz CT molecular complexity index is 2480. The van der Waals surface area contributed by atoms with Gasteiger partial charge in [-0.05, 0) is 116 Å². The number of carbonyl (C=O) groups is 3. The van der Waals surface area contributed by atoms with Crippen molar-refractivity contribution in [2.45, 2.75) is 65.3 Å². The quantitative estimate of drug-likeness (QED) is 0.142. The Kier molecular flexibility index (Phi) is 11.2. The molecule has 4 heterocycles. The summed E-state index contributed by atoms with van der Waals surface area (Å²) in [6.45, 7) is 9.67. The monoisotopic (exact) mass is 789 g/mol. The number of carboxylic acid groups (broad SMARTS) is 1. The maximum absolute atomic E-state index is 15.2. The lowest BCUT2D eigenvalue weighted by Crippen LogP contribution is -2.44. The van der Waals surface area contributed by atoms with Crippen LogP contribution in [0.5, 0.6) is 17.2 Å². The third-order valence-electron chi connectivity index (χ3n) is 11.4. The molecule has 4 aromatic carbocycles. The first-order valence-electron chi connectivity index (χ1n) is 20.1. The van der Waals surface area contributed by atoms with Gasteiger partial charge in [0, 0.05) is 41.8 Å². The van der Waals surface area contributed by atoms with E-state index in [1.165, 1.54) is 11.6 Å². The zero-order chi connectivity index (χ0) is 41.0. The average molecular weight is 790 g/mol. The van der Waals surface area contributed by atoms with E-state index in [1.54, 1.807) is 29.2 Å². The summed E-state index contributed by atoms with van der Waals surface area (Å²) in [5.41, 5.74) is 8.02. The molecule has 0 saturated carbocycles. The molecule has 3 aliphatic rings. The Balaban J connectivity index is 1.19. The number of fused-ring (bicyclic) bond motifs is 2. The molecule has 0 aliphatic carbocycles. The van der Waals surface area contributed by atoms with Crippen LogP contribution in [0.1, 0.15) is 81.0 Å². The van der Waals surface area contributed by atoms with E-state index in [2.05, 4.69) is 24.1 Å². The number of carbonyl (C=O) groups excluding carboxylic acids is 2. The third kappa shape index (κ3) is 8.03. The fraction of sp³-hybridized carbons (Fsp3) is 0.245. The Hall–Kier alpha value is -6.81. The predicted molar refractivity (Wildman–Crippen MR) is 227 cm³/mol. The van der Waals surface area contributed by atoms with Crippen molar-refractivity contribution in [3.8, 4) is 28.5 Å². The summed E-state index contributed by atoms with van der Waals surface area (Å²) in [5, 5.41) is 9.78. The number of benzene rings is 4. The van der Waals surface area contributed by atoms with Gasteiger partial charge in [0.25, 0.3) is 11.8 Å². The van der Waals surface area contributed by atoms with Gasteiger partial charge in [-0.1, -0.05) is 67.3 Å². The minimum atomic E-state index is -1.04. The van der Waals surface area contributed by atoms with E-state index < -0.39 is 5.97 Å². The summed E-state index contributed by atoms with van der Waals surface area (Å²) < 4.78 is 19.9. The molecule has 1 aromatic heterocycles. The van der Waals surface area contributed by atoms with E-state index >= 15 is 4.79 Å². The predicted octanol–water partition coefficient (Wildman–Crippen LogP) is 9.64. The van der Waals surface area contributed by atoms with Crippen LogP contribution in [0, 0.1) is 0 Å². The molecule has 10 nitrogen and oxygen atoms in total. The van der Waals surface area contributed by atoms with Gasteiger partial charge < -0.3 is 33.7 Å². The molecule has 1 saturated heterocycles. The standard InChI is InChI=1S/C49H47N3O7/c1-4-12-37-29-51(32(3)23-35(37)5-2)47(53)41-27-46-45(58-31-59-46)26-40(41)44-25-42(43-17-9-10-22-50(43)44)48(54)52(28-34-15-11-16-36(24-34)49(55)56)38-18-20-39(21-19-38)57-30-33-13-7-6-8-14-33/h4-8,11-16,18-21,24-27,32H,1,9-10,17,22-23,28-31H2,2-3H3,(H,55,56)/b35-5-,37-12-. The number of carboxylic acids is 1. The van der Waals surface area contributed by atoms with Crippen LogP contribution in [0.4, 0.5) is 5.69 Å². The van der Waals surface area contributed by atoms with Crippen molar-refractivity contribution in [2.24, 2.45) is 0 Å².